The van der Waals surface area contributed by atoms with Gasteiger partial charge in [0, 0.05) is 19.4 Å². The highest BCUT2D eigenvalue weighted by Crippen LogP contribution is 2.29. The van der Waals surface area contributed by atoms with Crippen molar-refractivity contribution >= 4 is 18.0 Å². The van der Waals surface area contributed by atoms with Crippen molar-refractivity contribution in [3.63, 3.8) is 0 Å². The number of benzene rings is 2. The van der Waals surface area contributed by atoms with Crippen LogP contribution < -0.4 is 15.4 Å². The summed E-state index contributed by atoms with van der Waals surface area (Å²) in [5.74, 6) is -0.944. The zero-order valence-electron chi connectivity index (χ0n) is 25.9. The van der Waals surface area contributed by atoms with E-state index in [1.165, 1.54) is 12.1 Å². The van der Waals surface area contributed by atoms with Crippen LogP contribution in [0.25, 0.3) is 0 Å². The van der Waals surface area contributed by atoms with E-state index in [2.05, 4.69) is 10.6 Å². The van der Waals surface area contributed by atoms with Crippen LogP contribution in [0.4, 0.5) is 18.0 Å². The third-order valence-electron chi connectivity index (χ3n) is 6.69. The van der Waals surface area contributed by atoms with E-state index in [0.717, 1.165) is 38.5 Å². The topological polar surface area (TPSA) is 121 Å². The van der Waals surface area contributed by atoms with Crippen LogP contribution in [0, 0.1) is 0 Å². The molecule has 3 rings (SSSR count). The van der Waals surface area contributed by atoms with E-state index in [4.69, 9.17) is 23.7 Å². The second-order valence-corrected chi connectivity index (χ2v) is 11.5. The first-order chi connectivity index (χ1) is 21.2. The highest BCUT2D eigenvalue weighted by Gasteiger charge is 2.32. The molecule has 13 heteroatoms. The molecule has 0 spiro atoms. The number of alkyl halides is 3. The lowest BCUT2D eigenvalue weighted by Crippen LogP contribution is -2.53. The number of alkyl carbamates (subject to hydrolysis) is 1. The van der Waals surface area contributed by atoms with Gasteiger partial charge in [0.15, 0.2) is 6.29 Å². The molecule has 0 saturated carbocycles. The molecule has 1 fully saturated rings. The van der Waals surface area contributed by atoms with Gasteiger partial charge < -0.3 is 34.3 Å². The number of rotatable bonds is 13. The molecular formula is C32H41F3N2O8. The average molecular weight is 639 g/mol. The molecule has 10 nitrogen and oxygen atoms in total. The van der Waals surface area contributed by atoms with Crippen molar-refractivity contribution < 1.29 is 51.2 Å². The van der Waals surface area contributed by atoms with Gasteiger partial charge in [-0.25, -0.2) is 9.59 Å². The predicted molar refractivity (Wildman–Crippen MR) is 157 cm³/mol. The molecule has 1 unspecified atom stereocenters. The summed E-state index contributed by atoms with van der Waals surface area (Å²) < 4.78 is 66.0. The minimum absolute atomic E-state index is 0.0294. The van der Waals surface area contributed by atoms with Crippen LogP contribution in [-0.2, 0) is 47.6 Å². The summed E-state index contributed by atoms with van der Waals surface area (Å²) >= 11 is 0. The number of nitrogens with one attached hydrogen (secondary N) is 2. The lowest BCUT2D eigenvalue weighted by Gasteiger charge is -2.25. The first-order valence-corrected chi connectivity index (χ1v) is 14.7. The summed E-state index contributed by atoms with van der Waals surface area (Å²) in [6, 6.07) is 8.73. The molecule has 248 valence electrons. The molecule has 0 aliphatic carbocycles. The molecule has 1 saturated heterocycles. The number of carbonyl (C=O) groups excluding carboxylic acids is 3. The van der Waals surface area contributed by atoms with Gasteiger partial charge in [0.1, 0.15) is 30.0 Å². The quantitative estimate of drug-likeness (QED) is 0.233. The van der Waals surface area contributed by atoms with Gasteiger partial charge >= 0.3 is 18.2 Å². The van der Waals surface area contributed by atoms with Crippen molar-refractivity contribution in [3.05, 3.63) is 65.2 Å². The second kappa shape index (κ2) is 16.5. The Bertz CT molecular complexity index is 1240. The number of esters is 1. The number of halogens is 3. The molecule has 0 bridgehead atoms. The van der Waals surface area contributed by atoms with Crippen molar-refractivity contribution in [3.8, 4) is 5.75 Å². The standard InChI is InChI=1S/C32H41F3N2O8/c1-31(2,3)45-30(40)37-25(19-22-10-14-24(15-11-22)42-17-18-44-27-7-5-6-16-43-27)28(38)36-26(29(39)41-4)20-21-8-12-23(13-9-21)32(33,34)35/h8-15,25-27H,5-7,16-20H2,1-4H3,(H,36,38)(H,37,40)/t25-,26-,27?/m0/s1. The zero-order valence-corrected chi connectivity index (χ0v) is 25.9. The summed E-state index contributed by atoms with van der Waals surface area (Å²) in [7, 11) is 1.13. The Morgan fingerprint density at radius 3 is 2.07 bits per heavy atom. The van der Waals surface area contributed by atoms with Crippen molar-refractivity contribution in [2.24, 2.45) is 0 Å². The number of hydrogen-bond acceptors (Lipinski definition) is 8. The maximum absolute atomic E-state index is 13.4. The number of ether oxygens (including phenoxy) is 5. The third kappa shape index (κ3) is 12.6. The van der Waals surface area contributed by atoms with Crippen LogP contribution in [0.15, 0.2) is 48.5 Å². The minimum Gasteiger partial charge on any atom is -0.491 e. The van der Waals surface area contributed by atoms with Crippen molar-refractivity contribution in [1.29, 1.82) is 0 Å². The van der Waals surface area contributed by atoms with Gasteiger partial charge in [0.05, 0.1) is 19.3 Å². The molecule has 2 aromatic rings. The van der Waals surface area contributed by atoms with Gasteiger partial charge in [0.25, 0.3) is 0 Å². The molecule has 1 heterocycles. The fourth-order valence-corrected chi connectivity index (χ4v) is 4.47. The van der Waals surface area contributed by atoms with Crippen molar-refractivity contribution in [2.45, 2.75) is 83.0 Å². The summed E-state index contributed by atoms with van der Waals surface area (Å²) in [5, 5.41) is 5.12. The molecule has 3 atom stereocenters. The number of hydrogen-bond donors (Lipinski definition) is 2. The van der Waals surface area contributed by atoms with Crippen molar-refractivity contribution in [1.82, 2.24) is 10.6 Å². The van der Waals surface area contributed by atoms with Crippen LogP contribution >= 0.6 is 0 Å². The summed E-state index contributed by atoms with van der Waals surface area (Å²) in [6.07, 6.45) is -2.72. The molecule has 45 heavy (non-hydrogen) atoms. The van der Waals surface area contributed by atoms with E-state index in [0.29, 0.717) is 36.7 Å². The Balaban J connectivity index is 1.66. The highest BCUT2D eigenvalue weighted by molar-refractivity contribution is 5.90. The Hall–Kier alpha value is -3.84. The van der Waals surface area contributed by atoms with Crippen LogP contribution in [0.1, 0.15) is 56.7 Å². The van der Waals surface area contributed by atoms with E-state index in [1.54, 1.807) is 45.0 Å². The third-order valence-corrected chi connectivity index (χ3v) is 6.69. The smallest absolute Gasteiger partial charge is 0.416 e. The number of methoxy groups -OCH3 is 1. The van der Waals surface area contributed by atoms with E-state index < -0.39 is 47.4 Å². The minimum atomic E-state index is -4.52. The maximum atomic E-state index is 13.4. The summed E-state index contributed by atoms with van der Waals surface area (Å²) in [5.41, 5.74) is -0.649. The largest absolute Gasteiger partial charge is 0.491 e. The van der Waals surface area contributed by atoms with Gasteiger partial charge in [-0.15, -0.1) is 0 Å². The van der Waals surface area contributed by atoms with Gasteiger partial charge in [-0.05, 0) is 75.4 Å². The number of carbonyl (C=O) groups is 3. The Labute approximate surface area is 260 Å². The summed E-state index contributed by atoms with van der Waals surface area (Å²) in [4.78, 5) is 38.6. The molecule has 2 N–H and O–H groups in total. The lowest BCUT2D eigenvalue weighted by atomic mass is 10.0. The van der Waals surface area contributed by atoms with Crippen LogP contribution in [0.2, 0.25) is 0 Å². The molecule has 2 amide bonds. The lowest BCUT2D eigenvalue weighted by molar-refractivity contribution is -0.165. The predicted octanol–water partition coefficient (Wildman–Crippen LogP) is 4.96. The van der Waals surface area contributed by atoms with Crippen molar-refractivity contribution in [2.75, 3.05) is 26.9 Å². The Kier molecular flexibility index (Phi) is 13.0. The van der Waals surface area contributed by atoms with E-state index in [9.17, 15) is 27.6 Å². The van der Waals surface area contributed by atoms with Crippen LogP contribution in [0.3, 0.4) is 0 Å². The highest BCUT2D eigenvalue weighted by atomic mass is 19.4. The number of amides is 2. The molecule has 1 aliphatic rings. The van der Waals surface area contributed by atoms with E-state index >= 15 is 0 Å². The van der Waals surface area contributed by atoms with Gasteiger partial charge in [0.2, 0.25) is 5.91 Å². The van der Waals surface area contributed by atoms with Crippen LogP contribution in [0.5, 0.6) is 5.75 Å². The maximum Gasteiger partial charge on any atom is 0.416 e. The summed E-state index contributed by atoms with van der Waals surface area (Å²) in [6.45, 7) is 6.39. The first-order valence-electron chi connectivity index (χ1n) is 14.7. The average Bonchev–Trinajstić information content (AvgIpc) is 2.98. The van der Waals surface area contributed by atoms with Gasteiger partial charge in [-0.2, -0.15) is 13.2 Å². The molecule has 1 aliphatic heterocycles. The Morgan fingerprint density at radius 2 is 1.51 bits per heavy atom. The zero-order chi connectivity index (χ0) is 33.0. The van der Waals surface area contributed by atoms with E-state index in [-0.39, 0.29) is 19.1 Å². The van der Waals surface area contributed by atoms with Crippen LogP contribution in [-0.4, -0.2) is 68.9 Å². The van der Waals surface area contributed by atoms with E-state index in [1.807, 2.05) is 0 Å². The molecule has 2 aromatic carbocycles. The molecular weight excluding hydrogens is 597 g/mol. The SMILES string of the molecule is COC(=O)[C@H](Cc1ccc(C(F)(F)F)cc1)NC(=O)[C@H](Cc1ccc(OCCOC2CCCCO2)cc1)NC(=O)OC(C)(C)C. The molecule has 0 aromatic heterocycles. The van der Waals surface area contributed by atoms with Gasteiger partial charge in [-0.3, -0.25) is 4.79 Å². The second-order valence-electron chi connectivity index (χ2n) is 11.5. The molecule has 0 radical (unpaired) electrons. The van der Waals surface area contributed by atoms with Gasteiger partial charge in [-0.1, -0.05) is 24.3 Å². The Morgan fingerprint density at radius 1 is 0.889 bits per heavy atom. The normalized spacial score (nSPS) is 16.6. The first kappa shape index (κ1) is 35.6. The fraction of sp³-hybridized carbons (Fsp3) is 0.531. The monoisotopic (exact) mass is 638 g/mol. The fourth-order valence-electron chi connectivity index (χ4n) is 4.47.